The fourth-order valence-electron chi connectivity index (χ4n) is 1.99. The van der Waals surface area contributed by atoms with E-state index >= 15 is 0 Å². The Morgan fingerprint density at radius 2 is 1.83 bits per heavy atom. The van der Waals surface area contributed by atoms with Gasteiger partial charge in [-0.05, 0) is 29.3 Å². The molecule has 0 radical (unpaired) electrons. The number of aliphatic carboxylic acids is 1. The summed E-state index contributed by atoms with van der Waals surface area (Å²) in [6, 6.07) is 15.0. The summed E-state index contributed by atoms with van der Waals surface area (Å²) in [5.41, 5.74) is 1.69. The summed E-state index contributed by atoms with van der Waals surface area (Å²) in [6.45, 7) is 0.421. The van der Waals surface area contributed by atoms with Crippen molar-refractivity contribution in [1.82, 2.24) is 0 Å². The number of carbonyl (C=O) groups is 1. The maximum absolute atomic E-state index is 11.0. The monoisotopic (exact) mass is 314 g/mol. The Kier molecular flexibility index (Phi) is 5.63. The molecule has 0 unspecified atom stereocenters. The molecular weight excluding hydrogens is 296 g/mol. The third kappa shape index (κ3) is 4.51. The van der Waals surface area contributed by atoms with Gasteiger partial charge >= 0.3 is 5.97 Å². The van der Waals surface area contributed by atoms with Crippen molar-refractivity contribution in [3.8, 4) is 11.5 Å². The Balaban J connectivity index is 2.18. The first-order chi connectivity index (χ1) is 11.1. The minimum atomic E-state index is -1.13. The zero-order chi connectivity index (χ0) is 16.7. The minimum Gasteiger partial charge on any atom is -0.493 e. The van der Waals surface area contributed by atoms with Crippen LogP contribution in [0.15, 0.2) is 54.3 Å². The van der Waals surface area contributed by atoms with E-state index in [1.165, 1.54) is 20.3 Å². The highest BCUT2D eigenvalue weighted by atomic mass is 16.5. The summed E-state index contributed by atoms with van der Waals surface area (Å²) in [5, 5.41) is 8.98. The van der Waals surface area contributed by atoms with Crippen LogP contribution in [0, 0.1) is 0 Å². The molecular formula is C18H18O5. The molecule has 0 saturated carbocycles. The fraction of sp³-hybridized carbons (Fsp3) is 0.167. The van der Waals surface area contributed by atoms with Gasteiger partial charge in [0.1, 0.15) is 6.61 Å². The van der Waals surface area contributed by atoms with Crippen LogP contribution in [-0.4, -0.2) is 25.3 Å². The summed E-state index contributed by atoms with van der Waals surface area (Å²) in [6.07, 6.45) is 1.42. The number of rotatable bonds is 7. The van der Waals surface area contributed by atoms with Gasteiger partial charge in [-0.25, -0.2) is 4.79 Å². The number of hydrogen-bond acceptors (Lipinski definition) is 4. The van der Waals surface area contributed by atoms with Gasteiger partial charge in [-0.3, -0.25) is 0 Å². The average molecular weight is 314 g/mol. The van der Waals surface area contributed by atoms with Crippen molar-refractivity contribution in [3.05, 3.63) is 65.4 Å². The minimum absolute atomic E-state index is 0.148. The standard InChI is InChI=1S/C18H18O5/c1-21-16-10-14(11-17(22-2)18(19)20)8-9-15(16)23-12-13-6-4-3-5-7-13/h3-11H,12H2,1-2H3,(H,19,20)/b17-11-. The topological polar surface area (TPSA) is 65.0 Å². The SMILES string of the molecule is CO/C(=C\c1ccc(OCc2ccccc2)c(OC)c1)C(=O)O. The van der Waals surface area contributed by atoms with Crippen molar-refractivity contribution in [3.63, 3.8) is 0 Å². The smallest absolute Gasteiger partial charge is 0.371 e. The van der Waals surface area contributed by atoms with E-state index in [-0.39, 0.29) is 5.76 Å². The molecule has 0 aliphatic heterocycles. The lowest BCUT2D eigenvalue weighted by molar-refractivity contribution is -0.135. The lowest BCUT2D eigenvalue weighted by Crippen LogP contribution is -2.02. The van der Waals surface area contributed by atoms with E-state index in [9.17, 15) is 4.79 Å². The van der Waals surface area contributed by atoms with Crippen LogP contribution in [0.2, 0.25) is 0 Å². The summed E-state index contributed by atoms with van der Waals surface area (Å²) in [7, 11) is 2.85. The number of benzene rings is 2. The van der Waals surface area contributed by atoms with Gasteiger partial charge in [0.15, 0.2) is 11.5 Å². The van der Waals surface area contributed by atoms with Crippen LogP contribution in [0.25, 0.3) is 6.08 Å². The van der Waals surface area contributed by atoms with Gasteiger partial charge in [-0.2, -0.15) is 0 Å². The summed E-state index contributed by atoms with van der Waals surface area (Å²) in [4.78, 5) is 11.0. The molecule has 0 spiro atoms. The van der Waals surface area contributed by atoms with Crippen molar-refractivity contribution < 1.29 is 24.1 Å². The van der Waals surface area contributed by atoms with Crippen molar-refractivity contribution in [2.24, 2.45) is 0 Å². The molecule has 5 heteroatoms. The van der Waals surface area contributed by atoms with Crippen molar-refractivity contribution in [2.75, 3.05) is 14.2 Å². The lowest BCUT2D eigenvalue weighted by atomic mass is 10.1. The maximum atomic E-state index is 11.0. The summed E-state index contributed by atoms with van der Waals surface area (Å²) < 4.78 is 15.9. The summed E-state index contributed by atoms with van der Waals surface area (Å²) in [5.74, 6) is -0.167. The van der Waals surface area contributed by atoms with E-state index in [4.69, 9.17) is 19.3 Å². The van der Waals surface area contributed by atoms with Gasteiger partial charge < -0.3 is 19.3 Å². The molecule has 0 amide bonds. The van der Waals surface area contributed by atoms with E-state index in [2.05, 4.69) is 0 Å². The lowest BCUT2D eigenvalue weighted by Gasteiger charge is -2.11. The second-order valence-electron chi connectivity index (χ2n) is 4.70. The molecule has 2 aromatic carbocycles. The molecule has 23 heavy (non-hydrogen) atoms. The third-order valence-electron chi connectivity index (χ3n) is 3.15. The molecule has 0 aliphatic carbocycles. The van der Waals surface area contributed by atoms with Crippen molar-refractivity contribution in [1.29, 1.82) is 0 Å². The van der Waals surface area contributed by atoms with E-state index in [0.29, 0.717) is 23.7 Å². The number of carboxylic acids is 1. The Labute approximate surface area is 134 Å². The third-order valence-corrected chi connectivity index (χ3v) is 3.15. The van der Waals surface area contributed by atoms with Crippen molar-refractivity contribution in [2.45, 2.75) is 6.61 Å². The first-order valence-corrected chi connectivity index (χ1v) is 6.97. The Bertz CT molecular complexity index is 692. The predicted octanol–water partition coefficient (Wildman–Crippen LogP) is 3.35. The quantitative estimate of drug-likeness (QED) is 0.627. The van der Waals surface area contributed by atoms with Gasteiger partial charge in [-0.1, -0.05) is 36.4 Å². The molecule has 0 saturated heterocycles. The maximum Gasteiger partial charge on any atom is 0.371 e. The van der Waals surface area contributed by atoms with Crippen LogP contribution in [0.3, 0.4) is 0 Å². The second-order valence-corrected chi connectivity index (χ2v) is 4.70. The summed E-state index contributed by atoms with van der Waals surface area (Å²) >= 11 is 0. The largest absolute Gasteiger partial charge is 0.493 e. The zero-order valence-corrected chi connectivity index (χ0v) is 13.0. The van der Waals surface area contributed by atoms with Crippen LogP contribution in [0.5, 0.6) is 11.5 Å². The number of carboxylic acid groups (broad SMARTS) is 1. The molecule has 0 fully saturated rings. The van der Waals surface area contributed by atoms with Crippen LogP contribution in [-0.2, 0) is 16.1 Å². The van der Waals surface area contributed by atoms with Crippen LogP contribution < -0.4 is 9.47 Å². The van der Waals surface area contributed by atoms with E-state index in [1.807, 2.05) is 30.3 Å². The predicted molar refractivity (Wildman–Crippen MR) is 86.4 cm³/mol. The first-order valence-electron chi connectivity index (χ1n) is 6.97. The Morgan fingerprint density at radius 3 is 2.43 bits per heavy atom. The van der Waals surface area contributed by atoms with E-state index in [1.54, 1.807) is 18.2 Å². The normalized spacial score (nSPS) is 11.0. The van der Waals surface area contributed by atoms with Gasteiger partial charge in [0, 0.05) is 0 Å². The molecule has 2 rings (SSSR count). The van der Waals surface area contributed by atoms with Crippen LogP contribution >= 0.6 is 0 Å². The highest BCUT2D eigenvalue weighted by Gasteiger charge is 2.09. The number of hydrogen-bond donors (Lipinski definition) is 1. The molecule has 0 bridgehead atoms. The van der Waals surface area contributed by atoms with Crippen molar-refractivity contribution >= 4 is 12.0 Å². The van der Waals surface area contributed by atoms with E-state index < -0.39 is 5.97 Å². The highest BCUT2D eigenvalue weighted by Crippen LogP contribution is 2.29. The molecule has 2 aromatic rings. The van der Waals surface area contributed by atoms with Gasteiger partial charge in [0.2, 0.25) is 5.76 Å². The van der Waals surface area contributed by atoms with E-state index in [0.717, 1.165) is 5.56 Å². The number of ether oxygens (including phenoxy) is 3. The number of methoxy groups -OCH3 is 2. The van der Waals surface area contributed by atoms with Gasteiger partial charge in [0.05, 0.1) is 14.2 Å². The average Bonchev–Trinajstić information content (AvgIpc) is 2.58. The Morgan fingerprint density at radius 1 is 1.09 bits per heavy atom. The fourth-order valence-corrected chi connectivity index (χ4v) is 1.99. The van der Waals surface area contributed by atoms with Crippen LogP contribution in [0.1, 0.15) is 11.1 Å². The second kappa shape index (κ2) is 7.89. The van der Waals surface area contributed by atoms with Gasteiger partial charge in [0.25, 0.3) is 0 Å². The highest BCUT2D eigenvalue weighted by molar-refractivity contribution is 5.89. The van der Waals surface area contributed by atoms with Crippen LogP contribution in [0.4, 0.5) is 0 Å². The molecule has 0 aromatic heterocycles. The molecule has 120 valence electrons. The Hall–Kier alpha value is -2.95. The first kappa shape index (κ1) is 16.4. The molecule has 0 aliphatic rings. The molecule has 1 N–H and O–H groups in total. The zero-order valence-electron chi connectivity index (χ0n) is 13.0. The molecule has 5 nitrogen and oxygen atoms in total. The van der Waals surface area contributed by atoms with Gasteiger partial charge in [-0.15, -0.1) is 0 Å². The molecule has 0 heterocycles. The molecule has 0 atom stereocenters.